The predicted octanol–water partition coefficient (Wildman–Crippen LogP) is 5.55. The summed E-state index contributed by atoms with van der Waals surface area (Å²) in [5.74, 6) is -0.0108. The van der Waals surface area contributed by atoms with Crippen LogP contribution in [-0.4, -0.2) is 17.8 Å². The van der Waals surface area contributed by atoms with Gasteiger partial charge >= 0.3 is 0 Å². The number of ether oxygens (including phenoxy) is 1. The molecule has 4 rings (SSSR count). The fourth-order valence-electron chi connectivity index (χ4n) is 3.75. The van der Waals surface area contributed by atoms with E-state index in [0.29, 0.717) is 13.2 Å². The molecule has 3 heteroatoms. The van der Waals surface area contributed by atoms with Crippen LogP contribution in [0, 0.1) is 5.92 Å². The zero-order valence-electron chi connectivity index (χ0n) is 14.0. The number of nitrogens with zero attached hydrogens (tertiary/aromatic N) is 1. The summed E-state index contributed by atoms with van der Waals surface area (Å²) >= 11 is 0. The summed E-state index contributed by atoms with van der Waals surface area (Å²) in [6, 6.07) is 14.7. The van der Waals surface area contributed by atoms with Gasteiger partial charge in [-0.15, -0.1) is 0 Å². The Morgan fingerprint density at radius 2 is 1.88 bits per heavy atom. The number of hydrogen-bond acceptors (Lipinski definition) is 1. The van der Waals surface area contributed by atoms with Gasteiger partial charge in [0, 0.05) is 47.5 Å². The summed E-state index contributed by atoms with van der Waals surface area (Å²) in [7, 11) is 0. The second kappa shape index (κ2) is 6.40. The van der Waals surface area contributed by atoms with Gasteiger partial charge in [0.05, 0.1) is 0 Å². The Morgan fingerprint density at radius 3 is 2.67 bits per heavy atom. The highest BCUT2D eigenvalue weighted by Gasteiger charge is 2.18. The normalized spacial score (nSPS) is 17.0. The quantitative estimate of drug-likeness (QED) is 0.616. The molecule has 124 valence electrons. The van der Waals surface area contributed by atoms with Crippen LogP contribution in [0.25, 0.3) is 27.9 Å². The summed E-state index contributed by atoms with van der Waals surface area (Å²) in [6.45, 7) is 4.41. The van der Waals surface area contributed by atoms with Crippen molar-refractivity contribution in [3.8, 4) is 0 Å². The van der Waals surface area contributed by atoms with Gasteiger partial charge in [0.2, 0.25) is 0 Å². The van der Waals surface area contributed by atoms with E-state index in [9.17, 15) is 4.39 Å². The second-order valence-corrected chi connectivity index (χ2v) is 6.45. The van der Waals surface area contributed by atoms with Gasteiger partial charge in [-0.1, -0.05) is 24.3 Å². The van der Waals surface area contributed by atoms with E-state index in [2.05, 4.69) is 47.9 Å². The Balaban J connectivity index is 1.79. The van der Waals surface area contributed by atoms with Crippen molar-refractivity contribution in [3.63, 3.8) is 0 Å². The number of aryl methyl sites for hydroxylation is 1. The first-order valence-electron chi connectivity index (χ1n) is 8.73. The zero-order valence-corrected chi connectivity index (χ0v) is 14.0. The van der Waals surface area contributed by atoms with E-state index in [-0.39, 0.29) is 11.7 Å². The summed E-state index contributed by atoms with van der Waals surface area (Å²) < 4.78 is 22.2. The lowest BCUT2D eigenvalue weighted by atomic mass is 9.97. The molecule has 2 heterocycles. The van der Waals surface area contributed by atoms with Gasteiger partial charge in [0.1, 0.15) is 5.83 Å². The molecule has 2 nitrogen and oxygen atoms in total. The topological polar surface area (TPSA) is 14.2 Å². The van der Waals surface area contributed by atoms with E-state index >= 15 is 0 Å². The molecule has 0 saturated carbocycles. The predicted molar refractivity (Wildman–Crippen MR) is 97.7 cm³/mol. The van der Waals surface area contributed by atoms with Crippen LogP contribution < -0.4 is 0 Å². The van der Waals surface area contributed by atoms with E-state index in [1.165, 1.54) is 21.8 Å². The Labute approximate surface area is 141 Å². The third kappa shape index (κ3) is 2.63. The molecule has 0 unspecified atom stereocenters. The minimum Gasteiger partial charge on any atom is -0.381 e. The molecule has 1 fully saturated rings. The summed E-state index contributed by atoms with van der Waals surface area (Å²) in [5.41, 5.74) is 3.38. The number of para-hydroxylation sites is 1. The SMILES string of the molecule is CCn1c2ccccc2c2cc(/C=C(\F)C3CCOCC3)ccc21. The van der Waals surface area contributed by atoms with E-state index in [0.717, 1.165) is 24.9 Å². The van der Waals surface area contributed by atoms with Crippen LogP contribution in [0.5, 0.6) is 0 Å². The molecule has 3 aromatic rings. The second-order valence-electron chi connectivity index (χ2n) is 6.45. The number of hydrogen-bond donors (Lipinski definition) is 0. The highest BCUT2D eigenvalue weighted by molar-refractivity contribution is 6.08. The first-order valence-corrected chi connectivity index (χ1v) is 8.73. The van der Waals surface area contributed by atoms with Crippen LogP contribution in [0.15, 0.2) is 48.3 Å². The monoisotopic (exact) mass is 323 g/mol. The number of benzene rings is 2. The molecule has 0 atom stereocenters. The van der Waals surface area contributed by atoms with Crippen molar-refractivity contribution in [1.82, 2.24) is 4.57 Å². The fourth-order valence-corrected chi connectivity index (χ4v) is 3.75. The molecule has 0 aliphatic carbocycles. The van der Waals surface area contributed by atoms with Crippen LogP contribution in [-0.2, 0) is 11.3 Å². The van der Waals surface area contributed by atoms with Crippen molar-refractivity contribution in [3.05, 3.63) is 53.9 Å². The van der Waals surface area contributed by atoms with Gasteiger partial charge in [-0.25, -0.2) is 4.39 Å². The first-order chi connectivity index (χ1) is 11.8. The van der Waals surface area contributed by atoms with Crippen LogP contribution >= 0.6 is 0 Å². The highest BCUT2D eigenvalue weighted by atomic mass is 19.1. The van der Waals surface area contributed by atoms with Crippen molar-refractivity contribution >= 4 is 27.9 Å². The lowest BCUT2D eigenvalue weighted by molar-refractivity contribution is 0.0705. The third-order valence-electron chi connectivity index (χ3n) is 5.03. The number of aromatic nitrogens is 1. The third-order valence-corrected chi connectivity index (χ3v) is 5.03. The van der Waals surface area contributed by atoms with Crippen molar-refractivity contribution in [2.75, 3.05) is 13.2 Å². The molecule has 0 N–H and O–H groups in total. The van der Waals surface area contributed by atoms with Crippen molar-refractivity contribution in [2.45, 2.75) is 26.3 Å². The molecule has 24 heavy (non-hydrogen) atoms. The molecule has 1 saturated heterocycles. The minimum absolute atomic E-state index is 0.00595. The lowest BCUT2D eigenvalue weighted by Crippen LogP contribution is -2.15. The average molecular weight is 323 g/mol. The van der Waals surface area contributed by atoms with Gasteiger partial charge in [-0.05, 0) is 49.6 Å². The largest absolute Gasteiger partial charge is 0.381 e. The Morgan fingerprint density at radius 1 is 1.12 bits per heavy atom. The van der Waals surface area contributed by atoms with Gasteiger partial charge in [0.15, 0.2) is 0 Å². The molecule has 0 bridgehead atoms. The maximum atomic E-state index is 14.6. The number of rotatable bonds is 3. The van der Waals surface area contributed by atoms with Gasteiger partial charge in [0.25, 0.3) is 0 Å². The standard InChI is InChI=1S/C21H22FNO/c1-2-23-20-6-4-3-5-17(20)18-13-15(7-8-21(18)23)14-19(22)16-9-11-24-12-10-16/h3-8,13-14,16H,2,9-12H2,1H3/b19-14-. The molecule has 1 aliphatic rings. The zero-order chi connectivity index (χ0) is 16.5. The molecule has 1 aliphatic heterocycles. The number of fused-ring (bicyclic) bond motifs is 3. The molecular weight excluding hydrogens is 301 g/mol. The maximum absolute atomic E-state index is 14.6. The number of allylic oxidation sites excluding steroid dienone is 1. The fraction of sp³-hybridized carbons (Fsp3) is 0.333. The van der Waals surface area contributed by atoms with Crippen LogP contribution in [0.4, 0.5) is 4.39 Å². The lowest BCUT2D eigenvalue weighted by Gasteiger charge is -2.20. The highest BCUT2D eigenvalue weighted by Crippen LogP contribution is 2.31. The van der Waals surface area contributed by atoms with Crippen molar-refractivity contribution in [2.24, 2.45) is 5.92 Å². The van der Waals surface area contributed by atoms with E-state index in [1.54, 1.807) is 6.08 Å². The van der Waals surface area contributed by atoms with E-state index < -0.39 is 0 Å². The summed E-state index contributed by atoms with van der Waals surface area (Å²) in [5, 5.41) is 2.43. The molecule has 0 radical (unpaired) electrons. The van der Waals surface area contributed by atoms with Crippen LogP contribution in [0.1, 0.15) is 25.3 Å². The molecule has 0 amide bonds. The molecule has 2 aromatic carbocycles. The Bertz CT molecular complexity index is 903. The van der Waals surface area contributed by atoms with E-state index in [4.69, 9.17) is 4.74 Å². The Hall–Kier alpha value is -2.13. The Kier molecular flexibility index (Phi) is 4.11. The van der Waals surface area contributed by atoms with Crippen molar-refractivity contribution < 1.29 is 9.13 Å². The number of halogens is 1. The smallest absolute Gasteiger partial charge is 0.104 e. The molecule has 1 aromatic heterocycles. The summed E-state index contributed by atoms with van der Waals surface area (Å²) in [4.78, 5) is 0. The first kappa shape index (κ1) is 15.4. The molecule has 0 spiro atoms. The maximum Gasteiger partial charge on any atom is 0.104 e. The van der Waals surface area contributed by atoms with Crippen LogP contribution in [0.3, 0.4) is 0 Å². The van der Waals surface area contributed by atoms with E-state index in [1.807, 2.05) is 6.07 Å². The minimum atomic E-state index is -0.0168. The van der Waals surface area contributed by atoms with Gasteiger partial charge in [-0.2, -0.15) is 0 Å². The average Bonchev–Trinajstić information content (AvgIpc) is 2.95. The van der Waals surface area contributed by atoms with Crippen molar-refractivity contribution in [1.29, 1.82) is 0 Å². The molecular formula is C21H22FNO. The van der Waals surface area contributed by atoms with Crippen LogP contribution in [0.2, 0.25) is 0 Å². The van der Waals surface area contributed by atoms with Gasteiger partial charge < -0.3 is 9.30 Å². The summed E-state index contributed by atoms with van der Waals surface area (Å²) in [6.07, 6.45) is 3.26. The van der Waals surface area contributed by atoms with Gasteiger partial charge in [-0.3, -0.25) is 0 Å².